The number of anilines is 1. The van der Waals surface area contributed by atoms with Gasteiger partial charge < -0.3 is 19.4 Å². The minimum Gasteiger partial charge on any atom is -0.495 e. The van der Waals surface area contributed by atoms with E-state index in [1.54, 1.807) is 16.7 Å². The lowest BCUT2D eigenvalue weighted by atomic mass is 10.1. The summed E-state index contributed by atoms with van der Waals surface area (Å²) in [6, 6.07) is 10.8. The average molecular weight is 381 g/mol. The van der Waals surface area contributed by atoms with Crippen LogP contribution in [0.4, 0.5) is 5.82 Å². The molecule has 7 heteroatoms. The molecule has 3 rings (SSSR count). The first-order chi connectivity index (χ1) is 13.5. The Morgan fingerprint density at radius 2 is 1.89 bits per heavy atom. The SMILES string of the molecule is COc1cccnc1NC(=O)c1c(OC)c2ccccc2n(CC(C)C)c1=O. The third kappa shape index (κ3) is 3.55. The average Bonchev–Trinajstić information content (AvgIpc) is 2.69. The monoisotopic (exact) mass is 381 g/mol. The van der Waals surface area contributed by atoms with Gasteiger partial charge >= 0.3 is 0 Å². The number of carbonyl (C=O) groups is 1. The van der Waals surface area contributed by atoms with Gasteiger partial charge in [-0.05, 0) is 30.2 Å². The van der Waals surface area contributed by atoms with Crippen LogP contribution < -0.4 is 20.3 Å². The van der Waals surface area contributed by atoms with Crippen LogP contribution in [0.1, 0.15) is 24.2 Å². The molecule has 0 fully saturated rings. The van der Waals surface area contributed by atoms with Gasteiger partial charge in [-0.25, -0.2) is 4.98 Å². The fourth-order valence-electron chi connectivity index (χ4n) is 3.16. The van der Waals surface area contributed by atoms with Crippen LogP contribution in [0.25, 0.3) is 10.9 Å². The van der Waals surface area contributed by atoms with Gasteiger partial charge in [0.1, 0.15) is 11.3 Å². The second kappa shape index (κ2) is 8.12. The first-order valence-corrected chi connectivity index (χ1v) is 8.97. The third-order valence-electron chi connectivity index (χ3n) is 4.33. The molecule has 0 atom stereocenters. The Balaban J connectivity index is 2.20. The number of hydrogen-bond donors (Lipinski definition) is 1. The summed E-state index contributed by atoms with van der Waals surface area (Å²) in [5.74, 6) is 0.509. The summed E-state index contributed by atoms with van der Waals surface area (Å²) in [6.45, 7) is 4.52. The van der Waals surface area contributed by atoms with Crippen molar-refractivity contribution in [1.29, 1.82) is 0 Å². The van der Waals surface area contributed by atoms with Crippen molar-refractivity contribution in [3.05, 3.63) is 58.5 Å². The fraction of sp³-hybridized carbons (Fsp3) is 0.286. The van der Waals surface area contributed by atoms with Gasteiger partial charge in [0.15, 0.2) is 11.6 Å². The number of aromatic nitrogens is 2. The van der Waals surface area contributed by atoms with Crippen LogP contribution in [0.3, 0.4) is 0 Å². The summed E-state index contributed by atoms with van der Waals surface area (Å²) in [6.07, 6.45) is 1.53. The molecule has 0 aliphatic carbocycles. The molecule has 1 amide bonds. The standard InChI is InChI=1S/C21H23N3O4/c1-13(2)12-24-15-9-6-5-8-14(15)18(28-4)17(21(24)26)20(25)23-19-16(27-3)10-7-11-22-19/h5-11,13H,12H2,1-4H3,(H,22,23,25). The zero-order valence-electron chi connectivity index (χ0n) is 16.4. The van der Waals surface area contributed by atoms with Crippen LogP contribution >= 0.6 is 0 Å². The highest BCUT2D eigenvalue weighted by Gasteiger charge is 2.24. The minimum atomic E-state index is -0.595. The highest BCUT2D eigenvalue weighted by atomic mass is 16.5. The zero-order valence-corrected chi connectivity index (χ0v) is 16.4. The molecule has 0 unspecified atom stereocenters. The molecule has 0 spiro atoms. The molecule has 0 aliphatic rings. The minimum absolute atomic E-state index is 0.0606. The van der Waals surface area contributed by atoms with Crippen molar-refractivity contribution in [2.45, 2.75) is 20.4 Å². The predicted molar refractivity (Wildman–Crippen MR) is 108 cm³/mol. The van der Waals surface area contributed by atoms with Crippen molar-refractivity contribution in [3.8, 4) is 11.5 Å². The molecule has 0 saturated carbocycles. The molecule has 0 saturated heterocycles. The van der Waals surface area contributed by atoms with Crippen molar-refractivity contribution < 1.29 is 14.3 Å². The van der Waals surface area contributed by atoms with Gasteiger partial charge in [-0.3, -0.25) is 9.59 Å². The van der Waals surface area contributed by atoms with Gasteiger partial charge in [-0.2, -0.15) is 0 Å². The Morgan fingerprint density at radius 1 is 1.14 bits per heavy atom. The number of fused-ring (bicyclic) bond motifs is 1. The molecule has 1 N–H and O–H groups in total. The van der Waals surface area contributed by atoms with Crippen LogP contribution in [0, 0.1) is 5.92 Å². The molecule has 7 nitrogen and oxygen atoms in total. The maximum absolute atomic E-state index is 13.3. The molecule has 0 bridgehead atoms. The molecule has 0 radical (unpaired) electrons. The zero-order chi connectivity index (χ0) is 20.3. The Bertz CT molecular complexity index is 1070. The Kier molecular flexibility index (Phi) is 5.63. The van der Waals surface area contributed by atoms with Crippen LogP contribution in [0.15, 0.2) is 47.4 Å². The normalized spacial score (nSPS) is 10.9. The smallest absolute Gasteiger partial charge is 0.267 e. The van der Waals surface area contributed by atoms with E-state index in [2.05, 4.69) is 10.3 Å². The Labute approximate surface area is 162 Å². The number of carbonyl (C=O) groups excluding carboxylic acids is 1. The number of nitrogens with zero attached hydrogens (tertiary/aromatic N) is 2. The lowest BCUT2D eigenvalue weighted by molar-refractivity contribution is 0.102. The predicted octanol–water partition coefficient (Wildman–Crippen LogP) is 3.32. The van der Waals surface area contributed by atoms with Crippen LogP contribution in [0.2, 0.25) is 0 Å². The maximum atomic E-state index is 13.3. The van der Waals surface area contributed by atoms with Crippen molar-refractivity contribution in [1.82, 2.24) is 9.55 Å². The fourth-order valence-corrected chi connectivity index (χ4v) is 3.16. The number of para-hydroxylation sites is 1. The summed E-state index contributed by atoms with van der Waals surface area (Å²) in [4.78, 5) is 30.4. The molecule has 2 heterocycles. The van der Waals surface area contributed by atoms with E-state index in [1.165, 1.54) is 20.4 Å². The highest BCUT2D eigenvalue weighted by Crippen LogP contribution is 2.29. The van der Waals surface area contributed by atoms with Gasteiger partial charge in [0.05, 0.1) is 19.7 Å². The molecule has 0 aliphatic heterocycles. The molecule has 1 aromatic carbocycles. The summed E-state index contributed by atoms with van der Waals surface area (Å²) in [5, 5.41) is 3.37. The first kappa shape index (κ1) is 19.4. The lowest BCUT2D eigenvalue weighted by Crippen LogP contribution is -2.31. The lowest BCUT2D eigenvalue weighted by Gasteiger charge is -2.18. The van der Waals surface area contributed by atoms with Gasteiger partial charge in [-0.1, -0.05) is 26.0 Å². The van der Waals surface area contributed by atoms with E-state index < -0.39 is 11.5 Å². The van der Waals surface area contributed by atoms with E-state index in [0.29, 0.717) is 17.7 Å². The van der Waals surface area contributed by atoms with Crippen molar-refractivity contribution in [2.75, 3.05) is 19.5 Å². The number of benzene rings is 1. The van der Waals surface area contributed by atoms with E-state index in [4.69, 9.17) is 9.47 Å². The molecule has 28 heavy (non-hydrogen) atoms. The van der Waals surface area contributed by atoms with E-state index in [1.807, 2.05) is 38.1 Å². The molecular weight excluding hydrogens is 358 g/mol. The Hall–Kier alpha value is -3.35. The molecule has 146 valence electrons. The van der Waals surface area contributed by atoms with Crippen LogP contribution in [0.5, 0.6) is 11.5 Å². The van der Waals surface area contributed by atoms with E-state index in [0.717, 1.165) is 5.52 Å². The topological polar surface area (TPSA) is 82.4 Å². The summed E-state index contributed by atoms with van der Waals surface area (Å²) in [7, 11) is 2.94. The quantitative estimate of drug-likeness (QED) is 0.708. The molecule has 3 aromatic rings. The maximum Gasteiger partial charge on any atom is 0.267 e. The molecule has 2 aromatic heterocycles. The van der Waals surface area contributed by atoms with E-state index in [9.17, 15) is 9.59 Å². The number of rotatable bonds is 6. The number of ether oxygens (including phenoxy) is 2. The molecular formula is C21H23N3O4. The van der Waals surface area contributed by atoms with Gasteiger partial charge in [0, 0.05) is 18.1 Å². The van der Waals surface area contributed by atoms with Gasteiger partial charge in [0.25, 0.3) is 11.5 Å². The summed E-state index contributed by atoms with van der Waals surface area (Å²) >= 11 is 0. The van der Waals surface area contributed by atoms with Crippen molar-refractivity contribution in [3.63, 3.8) is 0 Å². The van der Waals surface area contributed by atoms with E-state index >= 15 is 0 Å². The van der Waals surface area contributed by atoms with Gasteiger partial charge in [-0.15, -0.1) is 0 Å². The second-order valence-electron chi connectivity index (χ2n) is 6.74. The van der Waals surface area contributed by atoms with Crippen LogP contribution in [-0.2, 0) is 6.54 Å². The number of amides is 1. The van der Waals surface area contributed by atoms with E-state index in [-0.39, 0.29) is 23.0 Å². The second-order valence-corrected chi connectivity index (χ2v) is 6.74. The van der Waals surface area contributed by atoms with Crippen molar-refractivity contribution >= 4 is 22.6 Å². The number of pyridine rings is 2. The summed E-state index contributed by atoms with van der Waals surface area (Å²) < 4.78 is 12.3. The van der Waals surface area contributed by atoms with Crippen molar-refractivity contribution in [2.24, 2.45) is 5.92 Å². The number of hydrogen-bond acceptors (Lipinski definition) is 5. The Morgan fingerprint density at radius 3 is 2.57 bits per heavy atom. The number of methoxy groups -OCH3 is 2. The largest absolute Gasteiger partial charge is 0.495 e. The number of nitrogens with one attached hydrogen (secondary N) is 1. The van der Waals surface area contributed by atoms with Crippen LogP contribution in [-0.4, -0.2) is 29.7 Å². The highest BCUT2D eigenvalue weighted by molar-refractivity contribution is 6.09. The van der Waals surface area contributed by atoms with Gasteiger partial charge in [0.2, 0.25) is 0 Å². The third-order valence-corrected chi connectivity index (χ3v) is 4.33. The summed E-state index contributed by atoms with van der Waals surface area (Å²) in [5.41, 5.74) is 0.260. The first-order valence-electron chi connectivity index (χ1n) is 8.97.